The molecule has 1 saturated heterocycles. The zero-order valence-electron chi connectivity index (χ0n) is 13.7. The van der Waals surface area contributed by atoms with Crippen molar-refractivity contribution in [3.05, 3.63) is 53.6 Å². The highest BCUT2D eigenvalue weighted by Gasteiger charge is 2.62. The van der Waals surface area contributed by atoms with E-state index in [2.05, 4.69) is 12.2 Å². The molecule has 3 heteroatoms. The molecular weight excluding hydrogens is 298 g/mol. The molecule has 4 aliphatic rings. The Kier molecular flexibility index (Phi) is 3.06. The van der Waals surface area contributed by atoms with Crippen molar-refractivity contribution in [2.45, 2.75) is 32.1 Å². The van der Waals surface area contributed by atoms with Crippen LogP contribution in [-0.2, 0) is 9.59 Å². The van der Waals surface area contributed by atoms with E-state index in [9.17, 15) is 9.59 Å². The Hall–Kier alpha value is -2.16. The van der Waals surface area contributed by atoms with E-state index in [4.69, 9.17) is 0 Å². The van der Waals surface area contributed by atoms with Crippen molar-refractivity contribution in [1.82, 2.24) is 0 Å². The molecular formula is C21H21NO2. The maximum absolute atomic E-state index is 13.1. The van der Waals surface area contributed by atoms with Gasteiger partial charge in [0, 0.05) is 11.8 Å². The van der Waals surface area contributed by atoms with Gasteiger partial charge in [-0.2, -0.15) is 0 Å². The van der Waals surface area contributed by atoms with E-state index in [-0.39, 0.29) is 35.5 Å². The Morgan fingerprint density at radius 1 is 0.792 bits per heavy atom. The molecule has 24 heavy (non-hydrogen) atoms. The van der Waals surface area contributed by atoms with Crippen LogP contribution in [0.4, 0.5) is 5.69 Å². The van der Waals surface area contributed by atoms with Gasteiger partial charge in [-0.25, -0.2) is 4.90 Å². The van der Waals surface area contributed by atoms with Crippen molar-refractivity contribution >= 4 is 17.5 Å². The molecule has 0 radical (unpaired) electrons. The second-order valence-corrected chi connectivity index (χ2v) is 7.46. The van der Waals surface area contributed by atoms with Crippen molar-refractivity contribution in [2.24, 2.45) is 23.7 Å². The van der Waals surface area contributed by atoms with Crippen LogP contribution in [-0.4, -0.2) is 11.8 Å². The molecule has 2 bridgehead atoms. The van der Waals surface area contributed by atoms with E-state index in [0.717, 1.165) is 12.8 Å². The molecule has 1 aromatic rings. The van der Waals surface area contributed by atoms with E-state index in [0.29, 0.717) is 5.69 Å². The summed E-state index contributed by atoms with van der Waals surface area (Å²) in [4.78, 5) is 27.6. The molecule has 2 saturated carbocycles. The van der Waals surface area contributed by atoms with Crippen molar-refractivity contribution in [3.8, 4) is 0 Å². The Morgan fingerprint density at radius 2 is 1.38 bits per heavy atom. The molecule has 2 amide bonds. The Bertz CT molecular complexity index is 734. The van der Waals surface area contributed by atoms with E-state index < -0.39 is 0 Å². The third-order valence-corrected chi connectivity index (χ3v) is 6.30. The topological polar surface area (TPSA) is 37.4 Å². The molecule has 0 N–H and O–H groups in total. The molecule has 122 valence electrons. The summed E-state index contributed by atoms with van der Waals surface area (Å²) in [5, 5.41) is 0. The molecule has 0 spiro atoms. The maximum atomic E-state index is 13.1. The summed E-state index contributed by atoms with van der Waals surface area (Å²) >= 11 is 0. The normalized spacial score (nSPS) is 34.4. The van der Waals surface area contributed by atoms with Gasteiger partial charge in [0.1, 0.15) is 0 Å². The Labute approximate surface area is 142 Å². The third kappa shape index (κ3) is 1.78. The quantitative estimate of drug-likeness (QED) is 0.582. The number of amides is 2. The standard InChI is InChI=1S/C21H21NO2/c23-20-18-15-11-12-16(17(15)13-7-3-1-4-8-13)19(18)21(24)22(20)14-9-5-2-6-10-14/h2,5-6,9-12,15-16,18-19H,1,3-4,7-8H2/t15-,16-,18+,19+/m1/s1. The number of rotatable bonds is 1. The lowest BCUT2D eigenvalue weighted by Crippen LogP contribution is -2.33. The highest BCUT2D eigenvalue weighted by Crippen LogP contribution is 2.58. The number of carbonyl (C=O) groups excluding carboxylic acids is 2. The van der Waals surface area contributed by atoms with Crippen LogP contribution in [0, 0.1) is 23.7 Å². The van der Waals surface area contributed by atoms with Gasteiger partial charge in [-0.3, -0.25) is 9.59 Å². The highest BCUT2D eigenvalue weighted by atomic mass is 16.2. The fourth-order valence-electron chi connectivity index (χ4n) is 5.33. The number of anilines is 1. The summed E-state index contributed by atoms with van der Waals surface area (Å²) in [6, 6.07) is 9.38. The monoisotopic (exact) mass is 319 g/mol. The molecule has 1 aromatic carbocycles. The number of hydrogen-bond acceptors (Lipinski definition) is 2. The number of carbonyl (C=O) groups is 2. The van der Waals surface area contributed by atoms with Crippen LogP contribution in [0.3, 0.4) is 0 Å². The van der Waals surface area contributed by atoms with Gasteiger partial charge >= 0.3 is 0 Å². The van der Waals surface area contributed by atoms with Crippen molar-refractivity contribution in [3.63, 3.8) is 0 Å². The molecule has 0 unspecified atom stereocenters. The lowest BCUT2D eigenvalue weighted by Gasteiger charge is -2.23. The van der Waals surface area contributed by atoms with E-state index >= 15 is 0 Å². The molecule has 1 heterocycles. The van der Waals surface area contributed by atoms with Crippen LogP contribution in [0.25, 0.3) is 0 Å². The van der Waals surface area contributed by atoms with E-state index in [1.54, 1.807) is 5.57 Å². The first-order chi connectivity index (χ1) is 11.8. The predicted octanol–water partition coefficient (Wildman–Crippen LogP) is 3.87. The number of nitrogens with zero attached hydrogens (tertiary/aromatic N) is 1. The number of fused-ring (bicyclic) bond motifs is 5. The van der Waals surface area contributed by atoms with Crippen LogP contribution < -0.4 is 4.90 Å². The van der Waals surface area contributed by atoms with Crippen LogP contribution >= 0.6 is 0 Å². The van der Waals surface area contributed by atoms with E-state index in [1.165, 1.54) is 29.7 Å². The average molecular weight is 319 g/mol. The predicted molar refractivity (Wildman–Crippen MR) is 92.1 cm³/mol. The van der Waals surface area contributed by atoms with Crippen molar-refractivity contribution < 1.29 is 9.59 Å². The van der Waals surface area contributed by atoms with Gasteiger partial charge < -0.3 is 0 Å². The van der Waals surface area contributed by atoms with Gasteiger partial charge in [-0.15, -0.1) is 0 Å². The van der Waals surface area contributed by atoms with Crippen LogP contribution in [0.5, 0.6) is 0 Å². The summed E-state index contributed by atoms with van der Waals surface area (Å²) < 4.78 is 0. The van der Waals surface area contributed by atoms with Gasteiger partial charge in [0.05, 0.1) is 17.5 Å². The first kappa shape index (κ1) is 14.2. The summed E-state index contributed by atoms with van der Waals surface area (Å²) in [6.07, 6.45) is 10.5. The van der Waals surface area contributed by atoms with Crippen molar-refractivity contribution in [2.75, 3.05) is 4.90 Å². The summed E-state index contributed by atoms with van der Waals surface area (Å²) in [5.41, 5.74) is 3.69. The number of para-hydroxylation sites is 1. The van der Waals surface area contributed by atoms with Gasteiger partial charge in [0.2, 0.25) is 11.8 Å². The van der Waals surface area contributed by atoms with Gasteiger partial charge in [0.25, 0.3) is 0 Å². The molecule has 0 aromatic heterocycles. The number of benzene rings is 1. The van der Waals surface area contributed by atoms with Crippen molar-refractivity contribution in [1.29, 1.82) is 0 Å². The maximum Gasteiger partial charge on any atom is 0.238 e. The van der Waals surface area contributed by atoms with Gasteiger partial charge in [-0.1, -0.05) is 47.9 Å². The van der Waals surface area contributed by atoms with Gasteiger partial charge in [-0.05, 0) is 37.8 Å². The van der Waals surface area contributed by atoms with Crippen LogP contribution in [0.1, 0.15) is 32.1 Å². The zero-order chi connectivity index (χ0) is 16.3. The smallest absolute Gasteiger partial charge is 0.238 e. The third-order valence-electron chi connectivity index (χ3n) is 6.30. The highest BCUT2D eigenvalue weighted by molar-refractivity contribution is 6.23. The molecule has 5 rings (SSSR count). The number of allylic oxidation sites excluding steroid dienone is 4. The SMILES string of the molecule is O=C1[C@@H]2[C@@H](C(=O)N1c1ccccc1)[C@@H]1C=C[C@@H]2C1=C1CCCCC1. The van der Waals surface area contributed by atoms with Crippen LogP contribution in [0.2, 0.25) is 0 Å². The van der Waals surface area contributed by atoms with Gasteiger partial charge in [0.15, 0.2) is 0 Å². The first-order valence-electron chi connectivity index (χ1n) is 9.10. The number of hydrogen-bond donors (Lipinski definition) is 0. The minimum Gasteiger partial charge on any atom is -0.274 e. The lowest BCUT2D eigenvalue weighted by atomic mass is 9.85. The molecule has 3 nitrogen and oxygen atoms in total. The fourth-order valence-corrected chi connectivity index (χ4v) is 5.33. The Morgan fingerprint density at radius 3 is 1.96 bits per heavy atom. The largest absolute Gasteiger partial charge is 0.274 e. The summed E-state index contributed by atoms with van der Waals surface area (Å²) in [6.45, 7) is 0. The average Bonchev–Trinajstić information content (AvgIpc) is 3.26. The Balaban J connectivity index is 1.54. The van der Waals surface area contributed by atoms with Crippen LogP contribution in [0.15, 0.2) is 53.6 Å². The summed E-state index contributed by atoms with van der Waals surface area (Å²) in [5.74, 6) is -0.00490. The molecule has 4 atom stereocenters. The second-order valence-electron chi connectivity index (χ2n) is 7.46. The lowest BCUT2D eigenvalue weighted by molar-refractivity contribution is -0.122. The first-order valence-corrected chi connectivity index (χ1v) is 9.10. The second kappa shape index (κ2) is 5.17. The fraction of sp³-hybridized carbons (Fsp3) is 0.429. The minimum absolute atomic E-state index is 0.00181. The molecule has 1 aliphatic heterocycles. The zero-order valence-corrected chi connectivity index (χ0v) is 13.7. The summed E-state index contributed by atoms with van der Waals surface area (Å²) in [7, 11) is 0. The molecule has 3 fully saturated rings. The molecule has 3 aliphatic carbocycles. The minimum atomic E-state index is -0.169. The van der Waals surface area contributed by atoms with E-state index in [1.807, 2.05) is 30.3 Å². The number of imide groups is 1.